The average Bonchev–Trinajstić information content (AvgIpc) is 2.41. The van der Waals surface area contributed by atoms with Gasteiger partial charge in [-0.15, -0.1) is 0 Å². The largest absolute Gasteiger partial charge is 0.359 e. The Morgan fingerprint density at radius 1 is 1.21 bits per heavy atom. The van der Waals surface area contributed by atoms with E-state index in [0.29, 0.717) is 5.96 Å². The molecule has 1 rings (SSSR count). The van der Waals surface area contributed by atoms with Gasteiger partial charge in [0.05, 0.1) is 0 Å². The lowest BCUT2D eigenvalue weighted by atomic mass is 10.4. The summed E-state index contributed by atoms with van der Waals surface area (Å²) in [7, 11) is 1.75. The normalized spacial score (nSPS) is 17.6. The highest BCUT2D eigenvalue weighted by Gasteiger charge is 2.17. The summed E-state index contributed by atoms with van der Waals surface area (Å²) in [6, 6.07) is 0. The molecule has 0 saturated carbocycles. The lowest BCUT2D eigenvalue weighted by molar-refractivity contribution is -0.128. The van der Waals surface area contributed by atoms with Crippen LogP contribution in [0.15, 0.2) is 0 Å². The molecule has 80 valence electrons. The molecule has 1 saturated heterocycles. The van der Waals surface area contributed by atoms with E-state index < -0.39 is 0 Å². The quantitative estimate of drug-likeness (QED) is 0.415. The van der Waals surface area contributed by atoms with Gasteiger partial charge in [-0.3, -0.25) is 10.2 Å². The third-order valence-electron chi connectivity index (χ3n) is 2.49. The second-order valence-corrected chi connectivity index (χ2v) is 3.45. The smallest absolute Gasteiger partial charge is 0.219 e. The molecule has 5 heteroatoms. The molecule has 1 heterocycles. The fraction of sp³-hybridized carbons (Fsp3) is 0.778. The maximum absolute atomic E-state index is 11.1. The number of nitrogens with one attached hydrogen (secondary N) is 2. The van der Waals surface area contributed by atoms with Gasteiger partial charge in [-0.2, -0.15) is 0 Å². The Morgan fingerprint density at radius 3 is 2.36 bits per heavy atom. The molecule has 0 atom stereocenters. The van der Waals surface area contributed by atoms with Gasteiger partial charge in [-0.25, -0.2) is 0 Å². The molecule has 0 aliphatic carbocycles. The first-order valence-electron chi connectivity index (χ1n) is 4.92. The lowest BCUT2D eigenvalue weighted by Gasteiger charge is -2.22. The number of rotatable bonds is 0. The number of hydrogen-bond donors (Lipinski definition) is 2. The summed E-state index contributed by atoms with van der Waals surface area (Å²) in [5.74, 6) is 0.568. The van der Waals surface area contributed by atoms with Gasteiger partial charge >= 0.3 is 0 Å². The maximum Gasteiger partial charge on any atom is 0.219 e. The predicted octanol–water partition coefficient (Wildman–Crippen LogP) is -0.305. The van der Waals surface area contributed by atoms with E-state index in [4.69, 9.17) is 5.41 Å². The van der Waals surface area contributed by atoms with Crippen LogP contribution in [-0.4, -0.2) is 54.9 Å². The summed E-state index contributed by atoms with van der Waals surface area (Å²) in [6.07, 6.45) is 0.934. The first kappa shape index (κ1) is 10.8. The van der Waals surface area contributed by atoms with Crippen LogP contribution >= 0.6 is 0 Å². The van der Waals surface area contributed by atoms with Gasteiger partial charge in [-0.1, -0.05) is 0 Å². The van der Waals surface area contributed by atoms with Gasteiger partial charge in [0.25, 0.3) is 0 Å². The fourth-order valence-electron chi connectivity index (χ4n) is 1.61. The molecule has 0 aromatic rings. The summed E-state index contributed by atoms with van der Waals surface area (Å²) < 4.78 is 0. The SMILES string of the molecule is CNC(=N)N1CCCN(C(C)=O)CC1. The van der Waals surface area contributed by atoms with Crippen LogP contribution < -0.4 is 5.32 Å². The minimum Gasteiger partial charge on any atom is -0.359 e. The van der Waals surface area contributed by atoms with E-state index in [2.05, 4.69) is 5.32 Å². The van der Waals surface area contributed by atoms with Crippen LogP contribution in [0.3, 0.4) is 0 Å². The van der Waals surface area contributed by atoms with Gasteiger partial charge in [0.1, 0.15) is 0 Å². The van der Waals surface area contributed by atoms with Crippen molar-refractivity contribution < 1.29 is 4.79 Å². The highest BCUT2D eigenvalue weighted by atomic mass is 16.2. The Balaban J connectivity index is 2.48. The van der Waals surface area contributed by atoms with E-state index in [1.54, 1.807) is 14.0 Å². The van der Waals surface area contributed by atoms with Crippen LogP contribution in [0, 0.1) is 5.41 Å². The first-order valence-corrected chi connectivity index (χ1v) is 4.92. The molecule has 1 amide bonds. The van der Waals surface area contributed by atoms with Crippen molar-refractivity contribution in [3.05, 3.63) is 0 Å². The van der Waals surface area contributed by atoms with Crippen molar-refractivity contribution in [2.75, 3.05) is 33.2 Å². The van der Waals surface area contributed by atoms with Crippen LogP contribution in [0.4, 0.5) is 0 Å². The Morgan fingerprint density at radius 2 is 1.79 bits per heavy atom. The molecule has 2 N–H and O–H groups in total. The molecule has 0 spiro atoms. The first-order chi connectivity index (χ1) is 6.65. The third kappa shape index (κ3) is 2.61. The Hall–Kier alpha value is -1.26. The molecule has 5 nitrogen and oxygen atoms in total. The van der Waals surface area contributed by atoms with Gasteiger partial charge in [-0.05, 0) is 6.42 Å². The van der Waals surface area contributed by atoms with Crippen molar-refractivity contribution in [1.82, 2.24) is 15.1 Å². The topological polar surface area (TPSA) is 59.4 Å². The van der Waals surface area contributed by atoms with Crippen molar-refractivity contribution in [1.29, 1.82) is 5.41 Å². The van der Waals surface area contributed by atoms with Crippen molar-refractivity contribution in [2.45, 2.75) is 13.3 Å². The van der Waals surface area contributed by atoms with Crippen LogP contribution in [0.2, 0.25) is 0 Å². The van der Waals surface area contributed by atoms with Crippen LogP contribution in [0.25, 0.3) is 0 Å². The predicted molar refractivity (Wildman–Crippen MR) is 55.2 cm³/mol. The van der Waals surface area contributed by atoms with Gasteiger partial charge in [0.15, 0.2) is 5.96 Å². The Kier molecular flexibility index (Phi) is 3.73. The molecule has 0 aromatic carbocycles. The van der Waals surface area contributed by atoms with E-state index in [-0.39, 0.29) is 5.91 Å². The van der Waals surface area contributed by atoms with Gasteiger partial charge in [0, 0.05) is 40.2 Å². The average molecular weight is 198 g/mol. The molecular formula is C9H18N4O. The molecule has 1 aliphatic heterocycles. The molecular weight excluding hydrogens is 180 g/mol. The molecule has 0 radical (unpaired) electrons. The van der Waals surface area contributed by atoms with E-state index in [1.165, 1.54) is 0 Å². The second kappa shape index (κ2) is 4.83. The highest BCUT2D eigenvalue weighted by Crippen LogP contribution is 2.02. The van der Waals surface area contributed by atoms with Gasteiger partial charge < -0.3 is 15.1 Å². The number of nitrogens with zero attached hydrogens (tertiary/aromatic N) is 2. The number of carbonyl (C=O) groups excluding carboxylic acids is 1. The summed E-state index contributed by atoms with van der Waals surface area (Å²) in [4.78, 5) is 14.9. The van der Waals surface area contributed by atoms with Crippen LogP contribution in [-0.2, 0) is 4.79 Å². The second-order valence-electron chi connectivity index (χ2n) is 3.45. The van der Waals surface area contributed by atoms with Crippen molar-refractivity contribution in [3.63, 3.8) is 0 Å². The lowest BCUT2D eigenvalue weighted by Crippen LogP contribution is -2.41. The van der Waals surface area contributed by atoms with E-state index in [1.807, 2.05) is 9.80 Å². The molecule has 14 heavy (non-hydrogen) atoms. The molecule has 0 aromatic heterocycles. The summed E-state index contributed by atoms with van der Waals surface area (Å²) in [5, 5.41) is 10.4. The molecule has 1 aliphatic rings. The van der Waals surface area contributed by atoms with E-state index >= 15 is 0 Å². The van der Waals surface area contributed by atoms with Gasteiger partial charge in [0.2, 0.25) is 5.91 Å². The minimum absolute atomic E-state index is 0.128. The maximum atomic E-state index is 11.1. The number of amides is 1. The third-order valence-corrected chi connectivity index (χ3v) is 2.49. The monoisotopic (exact) mass is 198 g/mol. The zero-order valence-electron chi connectivity index (χ0n) is 8.84. The number of guanidine groups is 1. The molecule has 0 bridgehead atoms. The summed E-state index contributed by atoms with van der Waals surface area (Å²) >= 11 is 0. The van der Waals surface area contributed by atoms with Crippen LogP contribution in [0.5, 0.6) is 0 Å². The van der Waals surface area contributed by atoms with E-state index in [0.717, 1.165) is 32.6 Å². The summed E-state index contributed by atoms with van der Waals surface area (Å²) in [5.41, 5.74) is 0. The Labute approximate surface area is 84.6 Å². The number of hydrogen-bond acceptors (Lipinski definition) is 2. The van der Waals surface area contributed by atoms with Crippen LogP contribution in [0.1, 0.15) is 13.3 Å². The fourth-order valence-corrected chi connectivity index (χ4v) is 1.61. The zero-order valence-corrected chi connectivity index (χ0v) is 8.84. The van der Waals surface area contributed by atoms with E-state index in [9.17, 15) is 4.79 Å². The number of carbonyl (C=O) groups is 1. The molecule has 0 unspecified atom stereocenters. The van der Waals surface area contributed by atoms with Crippen molar-refractivity contribution in [2.24, 2.45) is 0 Å². The van der Waals surface area contributed by atoms with Crippen molar-refractivity contribution >= 4 is 11.9 Å². The summed E-state index contributed by atoms with van der Waals surface area (Å²) in [6.45, 7) is 4.73. The molecule has 1 fully saturated rings. The zero-order chi connectivity index (χ0) is 10.6. The Bertz CT molecular complexity index is 229. The minimum atomic E-state index is 0.128. The standard InChI is InChI=1S/C9H18N4O/c1-8(14)12-4-3-5-13(7-6-12)9(10)11-2/h3-7H2,1-2H3,(H2,10,11). The highest BCUT2D eigenvalue weighted by molar-refractivity contribution is 5.77. The van der Waals surface area contributed by atoms with Crippen molar-refractivity contribution in [3.8, 4) is 0 Å².